The molecule has 0 aliphatic rings. The van der Waals surface area contributed by atoms with E-state index in [0.29, 0.717) is 0 Å². The van der Waals surface area contributed by atoms with Crippen LogP contribution < -0.4 is 5.32 Å². The van der Waals surface area contributed by atoms with Crippen LogP contribution >= 0.6 is 0 Å². The average Bonchev–Trinajstić information content (AvgIpc) is 2.61. The highest BCUT2D eigenvalue weighted by Crippen LogP contribution is 2.38. The van der Waals surface area contributed by atoms with Gasteiger partial charge in [-0.05, 0) is 42.0 Å². The van der Waals surface area contributed by atoms with Crippen LogP contribution in [0, 0.1) is 17.7 Å². The molecule has 0 spiro atoms. The van der Waals surface area contributed by atoms with Crippen molar-refractivity contribution in [2.75, 3.05) is 5.32 Å². The Kier molecular flexibility index (Phi) is 4.88. The number of halogens is 5. The van der Waals surface area contributed by atoms with E-state index >= 15 is 0 Å². The molecule has 0 amide bonds. The number of alkyl halides is 3. The molecule has 133 valence electrons. The molecule has 26 heavy (non-hydrogen) atoms. The molecule has 1 radical (unpaired) electrons. The molecule has 0 unspecified atom stereocenters. The Morgan fingerprint density at radius 1 is 0.962 bits per heavy atom. The molecule has 3 rings (SSSR count). The maximum absolute atomic E-state index is 13.7. The lowest BCUT2D eigenvalue weighted by atomic mass is 9.99. The first-order valence-electron chi connectivity index (χ1n) is 7.57. The van der Waals surface area contributed by atoms with E-state index in [9.17, 15) is 22.0 Å². The van der Waals surface area contributed by atoms with Gasteiger partial charge in [0.1, 0.15) is 17.5 Å². The van der Waals surface area contributed by atoms with Gasteiger partial charge < -0.3 is 5.32 Å². The monoisotopic (exact) mass is 363 g/mol. The van der Waals surface area contributed by atoms with Crippen LogP contribution in [0.5, 0.6) is 0 Å². The van der Waals surface area contributed by atoms with Gasteiger partial charge in [-0.2, -0.15) is 13.2 Å². The van der Waals surface area contributed by atoms with Gasteiger partial charge in [0.2, 0.25) is 0 Å². The molecule has 2 aromatic carbocycles. The van der Waals surface area contributed by atoms with Crippen LogP contribution in [0.2, 0.25) is 0 Å². The Balaban J connectivity index is 1.98. The third kappa shape index (κ3) is 3.66. The van der Waals surface area contributed by atoms with Gasteiger partial charge in [0.05, 0.1) is 5.56 Å². The van der Waals surface area contributed by atoms with E-state index in [1.807, 2.05) is 0 Å². The Morgan fingerprint density at radius 3 is 2.38 bits per heavy atom. The van der Waals surface area contributed by atoms with Gasteiger partial charge in [0, 0.05) is 23.9 Å². The second kappa shape index (κ2) is 7.11. The second-order valence-electron chi connectivity index (χ2n) is 5.42. The quantitative estimate of drug-likeness (QED) is 0.623. The molecule has 0 saturated carbocycles. The van der Waals surface area contributed by atoms with Crippen LogP contribution in [0.25, 0.3) is 11.1 Å². The highest BCUT2D eigenvalue weighted by Gasteiger charge is 2.33. The van der Waals surface area contributed by atoms with Crippen LogP contribution in [-0.4, -0.2) is 4.98 Å². The topological polar surface area (TPSA) is 24.9 Å². The van der Waals surface area contributed by atoms with Gasteiger partial charge in [0.25, 0.3) is 0 Å². The predicted molar refractivity (Wildman–Crippen MR) is 87.2 cm³/mol. The van der Waals surface area contributed by atoms with E-state index in [4.69, 9.17) is 0 Å². The molecule has 1 heterocycles. The smallest absolute Gasteiger partial charge is 0.365 e. The first-order chi connectivity index (χ1) is 12.4. The maximum Gasteiger partial charge on any atom is 0.417 e. The fourth-order valence-electron chi connectivity index (χ4n) is 2.54. The zero-order valence-electron chi connectivity index (χ0n) is 13.2. The van der Waals surface area contributed by atoms with Gasteiger partial charge in [-0.15, -0.1) is 0 Å². The summed E-state index contributed by atoms with van der Waals surface area (Å²) in [4.78, 5) is 4.02. The Morgan fingerprint density at radius 2 is 1.69 bits per heavy atom. The van der Waals surface area contributed by atoms with Crippen LogP contribution in [-0.2, 0) is 12.7 Å². The lowest BCUT2D eigenvalue weighted by molar-refractivity contribution is -0.137. The van der Waals surface area contributed by atoms with E-state index in [2.05, 4.69) is 16.4 Å². The average molecular weight is 363 g/mol. The van der Waals surface area contributed by atoms with E-state index < -0.39 is 23.4 Å². The zero-order chi connectivity index (χ0) is 18.7. The third-order valence-corrected chi connectivity index (χ3v) is 3.76. The number of hydrogen-bond donors (Lipinski definition) is 1. The number of anilines is 1. The fraction of sp³-hybridized carbons (Fsp3) is 0.105. The normalized spacial score (nSPS) is 11.4. The number of pyridine rings is 1. The van der Waals surface area contributed by atoms with Gasteiger partial charge in [-0.3, -0.25) is 0 Å². The summed E-state index contributed by atoms with van der Waals surface area (Å²) in [5, 5.41) is 2.72. The highest BCUT2D eigenvalue weighted by atomic mass is 19.4. The molecule has 0 atom stereocenters. The summed E-state index contributed by atoms with van der Waals surface area (Å²) in [6.07, 6.45) is -3.19. The number of rotatable bonds is 4. The van der Waals surface area contributed by atoms with Crippen molar-refractivity contribution in [3.05, 3.63) is 83.6 Å². The first-order valence-corrected chi connectivity index (χ1v) is 7.57. The van der Waals surface area contributed by atoms with E-state index in [1.165, 1.54) is 36.5 Å². The number of aromatic nitrogens is 1. The zero-order valence-corrected chi connectivity index (χ0v) is 13.2. The summed E-state index contributed by atoms with van der Waals surface area (Å²) >= 11 is 0. The van der Waals surface area contributed by atoms with E-state index in [0.717, 1.165) is 18.2 Å². The van der Waals surface area contributed by atoms with Crippen LogP contribution in [0.4, 0.5) is 27.8 Å². The van der Waals surface area contributed by atoms with Crippen LogP contribution in [0.1, 0.15) is 11.1 Å². The summed E-state index contributed by atoms with van der Waals surface area (Å²) < 4.78 is 67.3. The lowest BCUT2D eigenvalue weighted by Gasteiger charge is -2.16. The Labute approximate surface area is 146 Å². The Bertz CT molecular complexity index is 902. The van der Waals surface area contributed by atoms with E-state index in [-0.39, 0.29) is 29.1 Å². The summed E-state index contributed by atoms with van der Waals surface area (Å²) in [5.41, 5.74) is -1.01. The van der Waals surface area contributed by atoms with Gasteiger partial charge >= 0.3 is 6.18 Å². The van der Waals surface area contributed by atoms with Crippen molar-refractivity contribution in [1.29, 1.82) is 0 Å². The minimum Gasteiger partial charge on any atom is -0.365 e. The highest BCUT2D eigenvalue weighted by molar-refractivity contribution is 5.77. The summed E-state index contributed by atoms with van der Waals surface area (Å²) in [5.74, 6) is -1.41. The SMILES string of the molecule is Fc1cccc(F)c1CNc1ncccc1-c1cc[c]cc1C(F)(F)F. The van der Waals surface area contributed by atoms with Gasteiger partial charge in [-0.1, -0.05) is 18.2 Å². The molecular weight excluding hydrogens is 351 g/mol. The molecular formula is C19H12F5N2. The van der Waals surface area contributed by atoms with Crippen molar-refractivity contribution in [1.82, 2.24) is 4.98 Å². The third-order valence-electron chi connectivity index (χ3n) is 3.76. The van der Waals surface area contributed by atoms with Crippen molar-refractivity contribution >= 4 is 5.82 Å². The number of nitrogens with one attached hydrogen (secondary N) is 1. The predicted octanol–water partition coefficient (Wildman–Crippen LogP) is 5.46. The lowest BCUT2D eigenvalue weighted by Crippen LogP contribution is -2.10. The molecule has 3 aromatic rings. The number of hydrogen-bond acceptors (Lipinski definition) is 2. The standard InChI is InChI=1S/C19H12F5N2/c20-16-8-3-9-17(21)14(16)11-26-18-13(6-4-10-25-18)12-5-1-2-7-15(12)19(22,23)24/h1,3-10H,11H2,(H,25,26). The largest absolute Gasteiger partial charge is 0.417 e. The molecule has 0 bridgehead atoms. The molecule has 0 saturated heterocycles. The Hall–Kier alpha value is -2.96. The molecule has 1 aromatic heterocycles. The number of benzene rings is 2. The maximum atomic E-state index is 13.7. The van der Waals surface area contributed by atoms with Crippen molar-refractivity contribution < 1.29 is 22.0 Å². The molecule has 0 fully saturated rings. The van der Waals surface area contributed by atoms with Gasteiger partial charge in [-0.25, -0.2) is 13.8 Å². The summed E-state index contributed by atoms with van der Waals surface area (Å²) in [7, 11) is 0. The molecule has 0 aliphatic carbocycles. The van der Waals surface area contributed by atoms with Crippen molar-refractivity contribution in [3.63, 3.8) is 0 Å². The molecule has 1 N–H and O–H groups in total. The van der Waals surface area contributed by atoms with E-state index in [1.54, 1.807) is 0 Å². The molecule has 0 aliphatic heterocycles. The van der Waals surface area contributed by atoms with Crippen LogP contribution in [0.3, 0.4) is 0 Å². The minimum absolute atomic E-state index is 0.0897. The van der Waals surface area contributed by atoms with Crippen molar-refractivity contribution in [2.45, 2.75) is 12.7 Å². The van der Waals surface area contributed by atoms with Crippen LogP contribution in [0.15, 0.2) is 54.7 Å². The second-order valence-corrected chi connectivity index (χ2v) is 5.42. The van der Waals surface area contributed by atoms with Gasteiger partial charge in [0.15, 0.2) is 0 Å². The van der Waals surface area contributed by atoms with Crippen molar-refractivity contribution in [2.24, 2.45) is 0 Å². The van der Waals surface area contributed by atoms with Crippen molar-refractivity contribution in [3.8, 4) is 11.1 Å². The minimum atomic E-state index is -4.57. The summed E-state index contributed by atoms with van der Waals surface area (Å²) in [6.45, 7) is -0.261. The fourth-order valence-corrected chi connectivity index (χ4v) is 2.54. The number of nitrogens with zero attached hydrogens (tertiary/aromatic N) is 1. The molecule has 7 heteroatoms. The summed E-state index contributed by atoms with van der Waals surface area (Å²) in [6, 6.07) is 12.3. The molecule has 2 nitrogen and oxygen atoms in total. The first kappa shape index (κ1) is 17.8.